The fraction of sp³-hybridized carbons (Fsp3) is 0.167. The van der Waals surface area contributed by atoms with E-state index >= 15 is 0 Å². The molecule has 0 aliphatic carbocycles. The van der Waals surface area contributed by atoms with Gasteiger partial charge in [-0.25, -0.2) is 4.79 Å². The number of methoxy groups -OCH3 is 1. The molecular weight excluding hydrogens is 529 g/mol. The number of carbonyl (C=O) groups excluding carboxylic acids is 2. The van der Waals surface area contributed by atoms with Crippen LogP contribution in [0.25, 0.3) is 16.5 Å². The van der Waals surface area contributed by atoms with Crippen LogP contribution in [0.5, 0.6) is 11.5 Å². The highest BCUT2D eigenvalue weighted by atomic mass is 35.5. The molecule has 0 spiro atoms. The molecule has 12 heteroatoms. The summed E-state index contributed by atoms with van der Waals surface area (Å²) in [6.07, 6.45) is 0. The summed E-state index contributed by atoms with van der Waals surface area (Å²) in [6, 6.07) is 11.3. The number of amides is 1. The van der Waals surface area contributed by atoms with E-state index in [2.05, 4.69) is 10.4 Å². The predicted molar refractivity (Wildman–Crippen MR) is 138 cm³/mol. The highest BCUT2D eigenvalue weighted by Gasteiger charge is 2.23. The van der Waals surface area contributed by atoms with E-state index in [1.807, 2.05) is 0 Å². The van der Waals surface area contributed by atoms with Crippen molar-refractivity contribution in [1.29, 1.82) is 0 Å². The summed E-state index contributed by atoms with van der Waals surface area (Å²) >= 11 is 13.0. The Morgan fingerprint density at radius 3 is 2.69 bits per heavy atom. The van der Waals surface area contributed by atoms with Gasteiger partial charge in [-0.15, -0.1) is 11.3 Å². The van der Waals surface area contributed by atoms with Gasteiger partial charge >= 0.3 is 5.97 Å². The SMILES string of the molecule is CCOC(=O)c1nn(-c2cccc(OC)c2)c(=O)c2c(NC(=O)COc3ccc(Cl)cc3Cl)scc12. The number of esters is 1. The van der Waals surface area contributed by atoms with Crippen molar-refractivity contribution in [2.75, 3.05) is 25.6 Å². The molecule has 1 amide bonds. The van der Waals surface area contributed by atoms with Crippen LogP contribution in [0.2, 0.25) is 10.0 Å². The highest BCUT2D eigenvalue weighted by molar-refractivity contribution is 7.16. The summed E-state index contributed by atoms with van der Waals surface area (Å²) < 4.78 is 16.9. The van der Waals surface area contributed by atoms with E-state index < -0.39 is 17.4 Å². The average Bonchev–Trinajstić information content (AvgIpc) is 3.28. The number of hydrogen-bond acceptors (Lipinski definition) is 8. The minimum absolute atomic E-state index is 0.0600. The minimum Gasteiger partial charge on any atom is -0.497 e. The van der Waals surface area contributed by atoms with E-state index in [0.29, 0.717) is 16.5 Å². The third-order valence-electron chi connectivity index (χ3n) is 4.92. The Morgan fingerprint density at radius 1 is 1.17 bits per heavy atom. The van der Waals surface area contributed by atoms with Crippen molar-refractivity contribution in [3.8, 4) is 17.2 Å². The quantitative estimate of drug-likeness (QED) is 0.310. The molecule has 0 fully saturated rings. The molecule has 0 aliphatic heterocycles. The topological polar surface area (TPSA) is 109 Å². The molecule has 0 radical (unpaired) electrons. The Morgan fingerprint density at radius 2 is 1.97 bits per heavy atom. The van der Waals surface area contributed by atoms with E-state index in [1.54, 1.807) is 48.7 Å². The summed E-state index contributed by atoms with van der Waals surface area (Å²) in [5.41, 5.74) is -0.226. The van der Waals surface area contributed by atoms with Crippen LogP contribution in [0.1, 0.15) is 17.4 Å². The zero-order chi connectivity index (χ0) is 25.8. The normalized spacial score (nSPS) is 10.8. The van der Waals surface area contributed by atoms with Gasteiger partial charge < -0.3 is 19.5 Å². The number of carbonyl (C=O) groups is 2. The van der Waals surface area contributed by atoms with Crippen LogP contribution in [0.4, 0.5) is 5.00 Å². The number of nitrogens with zero attached hydrogens (tertiary/aromatic N) is 2. The predicted octanol–water partition coefficient (Wildman–Crippen LogP) is 4.96. The van der Waals surface area contributed by atoms with Crippen LogP contribution < -0.4 is 20.3 Å². The van der Waals surface area contributed by atoms with Crippen molar-refractivity contribution < 1.29 is 23.8 Å². The Bertz CT molecular complexity index is 1520. The van der Waals surface area contributed by atoms with Gasteiger partial charge in [0.05, 0.1) is 29.8 Å². The fourth-order valence-electron chi connectivity index (χ4n) is 3.31. The van der Waals surface area contributed by atoms with Crippen LogP contribution in [0, 0.1) is 0 Å². The second-order valence-corrected chi connectivity index (χ2v) is 8.98. The molecule has 2 aromatic carbocycles. The van der Waals surface area contributed by atoms with Crippen LogP contribution in [-0.4, -0.2) is 42.0 Å². The largest absolute Gasteiger partial charge is 0.497 e. The zero-order valence-electron chi connectivity index (χ0n) is 19.0. The molecule has 0 bridgehead atoms. The maximum Gasteiger partial charge on any atom is 0.359 e. The summed E-state index contributed by atoms with van der Waals surface area (Å²) in [5.74, 6) is -0.459. The summed E-state index contributed by atoms with van der Waals surface area (Å²) in [7, 11) is 1.49. The average molecular weight is 548 g/mol. The first kappa shape index (κ1) is 25.5. The van der Waals surface area contributed by atoms with Crippen molar-refractivity contribution in [1.82, 2.24) is 9.78 Å². The molecule has 0 atom stereocenters. The highest BCUT2D eigenvalue weighted by Crippen LogP contribution is 2.31. The summed E-state index contributed by atoms with van der Waals surface area (Å²) in [5, 5.41) is 9.80. The molecule has 4 aromatic rings. The first-order valence-corrected chi connectivity index (χ1v) is 12.2. The standard InChI is InChI=1S/C24H19Cl2N3O6S/c1-3-34-24(32)21-16-12-36-22(27-19(30)11-35-18-8-7-13(25)9-17(18)26)20(16)23(31)29(28-21)14-5-4-6-15(10-14)33-2/h4-10,12H,3,11H2,1-2H3,(H,27,30). The van der Waals surface area contributed by atoms with Crippen molar-refractivity contribution in [2.45, 2.75) is 6.92 Å². The fourth-order valence-corrected chi connectivity index (χ4v) is 4.72. The molecule has 186 valence electrons. The molecule has 2 aromatic heterocycles. The van der Waals surface area contributed by atoms with Crippen molar-refractivity contribution >= 4 is 62.2 Å². The number of fused-ring (bicyclic) bond motifs is 1. The third-order valence-corrected chi connectivity index (χ3v) is 6.35. The minimum atomic E-state index is -0.699. The van der Waals surface area contributed by atoms with Crippen molar-refractivity contribution in [3.63, 3.8) is 0 Å². The number of aromatic nitrogens is 2. The number of benzene rings is 2. The summed E-state index contributed by atoms with van der Waals surface area (Å²) in [6.45, 7) is 1.42. The Kier molecular flexibility index (Phi) is 7.78. The molecule has 1 N–H and O–H groups in total. The lowest BCUT2D eigenvalue weighted by Gasteiger charge is -2.11. The first-order chi connectivity index (χ1) is 17.3. The Hall–Kier alpha value is -3.60. The number of rotatable bonds is 8. The number of nitrogens with one attached hydrogen (secondary N) is 1. The number of hydrogen-bond donors (Lipinski definition) is 1. The van der Waals surface area contributed by atoms with Crippen LogP contribution in [0.15, 0.2) is 52.6 Å². The van der Waals surface area contributed by atoms with E-state index in [1.165, 1.54) is 13.2 Å². The van der Waals surface area contributed by atoms with Gasteiger partial charge in [0.15, 0.2) is 12.3 Å². The van der Waals surface area contributed by atoms with Gasteiger partial charge in [0, 0.05) is 21.9 Å². The molecule has 0 aliphatic rings. The smallest absolute Gasteiger partial charge is 0.359 e. The third kappa shape index (κ3) is 5.30. The monoisotopic (exact) mass is 547 g/mol. The van der Waals surface area contributed by atoms with Crippen molar-refractivity contribution in [3.05, 3.63) is 73.9 Å². The Labute approximate surface area is 219 Å². The lowest BCUT2D eigenvalue weighted by atomic mass is 10.2. The van der Waals surface area contributed by atoms with E-state index in [-0.39, 0.29) is 45.5 Å². The number of thiophene rings is 1. The number of anilines is 1. The summed E-state index contributed by atoms with van der Waals surface area (Å²) in [4.78, 5) is 38.8. The maximum atomic E-state index is 13.5. The first-order valence-electron chi connectivity index (χ1n) is 10.6. The molecule has 9 nitrogen and oxygen atoms in total. The molecule has 0 saturated heterocycles. The molecule has 4 rings (SSSR count). The lowest BCUT2D eigenvalue weighted by Crippen LogP contribution is -2.26. The zero-order valence-corrected chi connectivity index (χ0v) is 21.4. The van der Waals surface area contributed by atoms with E-state index in [0.717, 1.165) is 16.0 Å². The lowest BCUT2D eigenvalue weighted by molar-refractivity contribution is -0.118. The van der Waals surface area contributed by atoms with Gasteiger partial charge in [0.2, 0.25) is 0 Å². The van der Waals surface area contributed by atoms with Gasteiger partial charge in [-0.05, 0) is 37.3 Å². The van der Waals surface area contributed by atoms with Crippen LogP contribution >= 0.6 is 34.5 Å². The molecule has 2 heterocycles. The number of halogens is 2. The van der Waals surface area contributed by atoms with E-state index in [4.69, 9.17) is 37.4 Å². The molecule has 36 heavy (non-hydrogen) atoms. The van der Waals surface area contributed by atoms with Gasteiger partial charge in [0.1, 0.15) is 16.5 Å². The van der Waals surface area contributed by atoms with Crippen LogP contribution in [-0.2, 0) is 9.53 Å². The molecule has 0 saturated carbocycles. The second-order valence-electron chi connectivity index (χ2n) is 7.25. The van der Waals surface area contributed by atoms with Crippen molar-refractivity contribution in [2.24, 2.45) is 0 Å². The number of ether oxygens (including phenoxy) is 3. The maximum absolute atomic E-state index is 13.5. The van der Waals surface area contributed by atoms with Gasteiger partial charge in [-0.3, -0.25) is 9.59 Å². The van der Waals surface area contributed by atoms with Gasteiger partial charge in [-0.1, -0.05) is 29.3 Å². The Balaban J connectivity index is 1.72. The van der Waals surface area contributed by atoms with E-state index in [9.17, 15) is 14.4 Å². The van der Waals surface area contributed by atoms with Gasteiger partial charge in [-0.2, -0.15) is 9.78 Å². The molecule has 0 unspecified atom stereocenters. The van der Waals surface area contributed by atoms with Crippen LogP contribution in [0.3, 0.4) is 0 Å². The van der Waals surface area contributed by atoms with Gasteiger partial charge in [0.25, 0.3) is 11.5 Å². The molecular formula is C24H19Cl2N3O6S. The second kappa shape index (κ2) is 11.0.